The second-order valence-corrected chi connectivity index (χ2v) is 4.80. The summed E-state index contributed by atoms with van der Waals surface area (Å²) >= 11 is 0. The average molecular weight is 243 g/mol. The highest BCUT2D eigenvalue weighted by atomic mass is 32.2. The lowest BCUT2D eigenvalue weighted by Gasteiger charge is -2.10. The van der Waals surface area contributed by atoms with Crippen molar-refractivity contribution in [2.75, 3.05) is 0 Å². The van der Waals surface area contributed by atoms with E-state index in [9.17, 15) is 22.9 Å². The van der Waals surface area contributed by atoms with Crippen LogP contribution in [0.5, 0.6) is 0 Å². The van der Waals surface area contributed by atoms with Crippen LogP contribution in [0.1, 0.15) is 0 Å². The molecule has 0 amide bonds. The molecule has 0 N–H and O–H groups in total. The highest BCUT2D eigenvalue weighted by Gasteiger charge is 2.56. The molecule has 1 atom stereocenters. The number of nitrogens with zero attached hydrogens (tertiary/aromatic N) is 1. The predicted molar refractivity (Wildman–Crippen MR) is 53.3 cm³/mol. The lowest BCUT2D eigenvalue weighted by molar-refractivity contribution is -0.554. The number of hydrogen-bond acceptors (Lipinski definition) is 4. The van der Waals surface area contributed by atoms with Crippen molar-refractivity contribution in [2.24, 2.45) is 0 Å². The van der Waals surface area contributed by atoms with Crippen LogP contribution in [0.3, 0.4) is 0 Å². The lowest BCUT2D eigenvalue weighted by atomic mass is 10.4. The third-order valence-electron chi connectivity index (χ3n) is 1.82. The van der Waals surface area contributed by atoms with Crippen LogP contribution in [-0.2, 0) is 9.84 Å². The minimum atomic E-state index is -4.85. The SMILES string of the molecule is C#CC(F)([N+](=O)[O-])S(=O)(=O)c1ccccc1. The summed E-state index contributed by atoms with van der Waals surface area (Å²) in [6.45, 7) is 0. The van der Waals surface area contributed by atoms with Crippen molar-refractivity contribution < 1.29 is 17.7 Å². The first-order chi connectivity index (χ1) is 7.36. The molecule has 5 nitrogen and oxygen atoms in total. The van der Waals surface area contributed by atoms with Gasteiger partial charge in [0.15, 0.2) is 0 Å². The molecule has 0 spiro atoms. The molecule has 16 heavy (non-hydrogen) atoms. The van der Waals surface area contributed by atoms with Crippen molar-refractivity contribution in [3.8, 4) is 12.3 Å². The van der Waals surface area contributed by atoms with Gasteiger partial charge in [-0.05, 0) is 12.1 Å². The second-order valence-electron chi connectivity index (χ2n) is 2.78. The van der Waals surface area contributed by atoms with Crippen molar-refractivity contribution >= 4 is 9.84 Å². The fourth-order valence-corrected chi connectivity index (χ4v) is 2.16. The Hall–Kier alpha value is -1.94. The molecule has 0 aliphatic carbocycles. The minimum Gasteiger partial charge on any atom is -0.260 e. The quantitative estimate of drug-likeness (QED) is 0.343. The highest BCUT2D eigenvalue weighted by molar-refractivity contribution is 7.92. The van der Waals surface area contributed by atoms with Crippen LogP contribution in [-0.4, -0.2) is 18.5 Å². The van der Waals surface area contributed by atoms with Crippen molar-refractivity contribution in [1.29, 1.82) is 0 Å². The Balaban J connectivity index is 3.45. The molecule has 0 saturated heterocycles. The second kappa shape index (κ2) is 3.90. The largest absolute Gasteiger partial charge is 0.527 e. The van der Waals surface area contributed by atoms with E-state index in [0.717, 1.165) is 18.1 Å². The number of sulfone groups is 1. The maximum absolute atomic E-state index is 13.6. The first-order valence-electron chi connectivity index (χ1n) is 3.97. The minimum absolute atomic E-state index is 0.535. The Morgan fingerprint density at radius 1 is 1.38 bits per heavy atom. The van der Waals surface area contributed by atoms with Gasteiger partial charge in [0.1, 0.15) is 0 Å². The van der Waals surface area contributed by atoms with E-state index in [1.165, 1.54) is 18.2 Å². The molecule has 7 heteroatoms. The number of rotatable bonds is 3. The number of alkyl halides is 1. The molecular formula is C9H6FNO4S. The van der Waals surface area contributed by atoms with E-state index in [1.807, 2.05) is 0 Å². The molecule has 1 unspecified atom stereocenters. The number of benzene rings is 1. The van der Waals surface area contributed by atoms with Gasteiger partial charge >= 0.3 is 5.12 Å². The topological polar surface area (TPSA) is 77.3 Å². The Morgan fingerprint density at radius 3 is 2.25 bits per heavy atom. The van der Waals surface area contributed by atoms with Gasteiger partial charge < -0.3 is 0 Å². The van der Waals surface area contributed by atoms with Gasteiger partial charge in [-0.25, -0.2) is 8.42 Å². The molecule has 0 bridgehead atoms. The maximum Gasteiger partial charge on any atom is 0.527 e. The van der Waals surface area contributed by atoms with Gasteiger partial charge in [-0.3, -0.25) is 10.1 Å². The molecule has 84 valence electrons. The summed E-state index contributed by atoms with van der Waals surface area (Å²) in [5.74, 6) is 1.06. The fourth-order valence-electron chi connectivity index (χ4n) is 0.984. The van der Waals surface area contributed by atoms with Gasteiger partial charge in [-0.15, -0.1) is 10.8 Å². The average Bonchev–Trinajstić information content (AvgIpc) is 2.28. The van der Waals surface area contributed by atoms with Gasteiger partial charge in [0.2, 0.25) is 0 Å². The lowest BCUT2D eigenvalue weighted by Crippen LogP contribution is -2.40. The maximum atomic E-state index is 13.6. The first-order valence-corrected chi connectivity index (χ1v) is 5.45. The molecule has 1 rings (SSSR count). The van der Waals surface area contributed by atoms with Crippen molar-refractivity contribution in [3.63, 3.8) is 0 Å². The number of terminal acetylenes is 1. The zero-order valence-corrected chi connectivity index (χ0v) is 8.65. The van der Waals surface area contributed by atoms with Crippen LogP contribution >= 0.6 is 0 Å². The molecule has 1 aromatic rings. The van der Waals surface area contributed by atoms with Gasteiger partial charge in [-0.1, -0.05) is 18.2 Å². The van der Waals surface area contributed by atoms with E-state index < -0.39 is 24.8 Å². The normalized spacial score (nSPS) is 14.8. The molecule has 0 saturated carbocycles. The molecule has 0 radical (unpaired) electrons. The first kappa shape index (κ1) is 12.1. The summed E-state index contributed by atoms with van der Waals surface area (Å²) < 4.78 is 36.7. The Kier molecular flexibility index (Phi) is 2.96. The zero-order valence-electron chi connectivity index (χ0n) is 7.83. The Labute approximate surface area is 91.0 Å². The van der Waals surface area contributed by atoms with Crippen molar-refractivity contribution in [1.82, 2.24) is 0 Å². The summed E-state index contributed by atoms with van der Waals surface area (Å²) in [5, 5.41) is 6.45. The van der Waals surface area contributed by atoms with Crippen LogP contribution in [0.25, 0.3) is 0 Å². The summed E-state index contributed by atoms with van der Waals surface area (Å²) in [6.07, 6.45) is 4.59. The summed E-state index contributed by atoms with van der Waals surface area (Å²) in [5.41, 5.74) is 0. The standard InChI is InChI=1S/C9H6FNO4S/c1-2-9(10,11(12)13)16(14,15)8-6-4-3-5-7-8/h1,3-7H. The number of hydrogen-bond donors (Lipinski definition) is 0. The third-order valence-corrected chi connectivity index (χ3v) is 3.69. The van der Waals surface area contributed by atoms with E-state index in [1.54, 1.807) is 0 Å². The summed E-state index contributed by atoms with van der Waals surface area (Å²) in [6, 6.07) is 6.17. The van der Waals surface area contributed by atoms with Crippen molar-refractivity contribution in [3.05, 3.63) is 40.4 Å². The smallest absolute Gasteiger partial charge is 0.260 e. The Bertz CT molecular complexity index is 549. The van der Waals surface area contributed by atoms with Crippen LogP contribution in [0.15, 0.2) is 35.2 Å². The van der Waals surface area contributed by atoms with E-state index >= 15 is 0 Å². The van der Waals surface area contributed by atoms with Crippen LogP contribution in [0.2, 0.25) is 0 Å². The molecular weight excluding hydrogens is 237 g/mol. The number of nitro groups is 1. The Morgan fingerprint density at radius 2 is 1.88 bits per heavy atom. The van der Waals surface area contributed by atoms with Crippen LogP contribution in [0, 0.1) is 22.5 Å². The molecule has 0 aromatic heterocycles. The predicted octanol–water partition coefficient (Wildman–Crippen LogP) is 0.994. The van der Waals surface area contributed by atoms with E-state index in [0.29, 0.717) is 0 Å². The van der Waals surface area contributed by atoms with Crippen molar-refractivity contribution in [2.45, 2.75) is 10.0 Å². The molecule has 0 fully saturated rings. The van der Waals surface area contributed by atoms with E-state index in [-0.39, 0.29) is 0 Å². The molecule has 1 aromatic carbocycles. The zero-order chi connectivity index (χ0) is 12.4. The highest BCUT2D eigenvalue weighted by Crippen LogP contribution is 2.27. The monoisotopic (exact) mass is 243 g/mol. The number of halogens is 1. The van der Waals surface area contributed by atoms with Crippen LogP contribution < -0.4 is 0 Å². The fraction of sp³-hybridized carbons (Fsp3) is 0.111. The molecule has 0 aliphatic rings. The van der Waals surface area contributed by atoms with Gasteiger partial charge in [0, 0.05) is 5.92 Å². The van der Waals surface area contributed by atoms with E-state index in [4.69, 9.17) is 0 Å². The molecule has 0 heterocycles. The van der Waals surface area contributed by atoms with Gasteiger partial charge in [0.25, 0.3) is 9.84 Å². The van der Waals surface area contributed by atoms with E-state index in [2.05, 4.69) is 6.42 Å². The molecule has 0 aliphatic heterocycles. The summed E-state index contributed by atoms with van der Waals surface area (Å²) in [4.78, 5) is 8.20. The van der Waals surface area contributed by atoms with Crippen LogP contribution in [0.4, 0.5) is 4.39 Å². The summed E-state index contributed by atoms with van der Waals surface area (Å²) in [7, 11) is -4.85. The van der Waals surface area contributed by atoms with Gasteiger partial charge in [-0.2, -0.15) is 0 Å². The third kappa shape index (κ3) is 1.63. The van der Waals surface area contributed by atoms with Gasteiger partial charge in [0.05, 0.1) is 9.82 Å².